The molecular formula is C16H25N3O3S. The molecule has 128 valence electrons. The normalized spacial score (nSPS) is 16.3. The van der Waals surface area contributed by atoms with Crippen molar-refractivity contribution in [3.8, 4) is 0 Å². The van der Waals surface area contributed by atoms with Crippen molar-refractivity contribution in [1.82, 2.24) is 14.9 Å². The summed E-state index contributed by atoms with van der Waals surface area (Å²) >= 11 is 0. The van der Waals surface area contributed by atoms with Crippen LogP contribution in [0.1, 0.15) is 37.7 Å². The fraction of sp³-hybridized carbons (Fsp3) is 0.562. The number of sulfonamides is 1. The molecule has 2 rings (SSSR count). The summed E-state index contributed by atoms with van der Waals surface area (Å²) < 4.78 is 25.1. The van der Waals surface area contributed by atoms with Gasteiger partial charge in [0, 0.05) is 26.7 Å². The van der Waals surface area contributed by atoms with Crippen LogP contribution in [0.5, 0.6) is 0 Å². The molecule has 1 aliphatic carbocycles. The van der Waals surface area contributed by atoms with Crippen LogP contribution < -0.4 is 10.6 Å². The van der Waals surface area contributed by atoms with Crippen LogP contribution in [0.15, 0.2) is 29.2 Å². The van der Waals surface area contributed by atoms with Gasteiger partial charge in [0.05, 0.1) is 4.90 Å². The topological polar surface area (TPSA) is 78.5 Å². The monoisotopic (exact) mass is 339 g/mol. The highest BCUT2D eigenvalue weighted by Crippen LogP contribution is 2.17. The summed E-state index contributed by atoms with van der Waals surface area (Å²) in [4.78, 5) is 12.1. The van der Waals surface area contributed by atoms with Gasteiger partial charge in [0.25, 0.3) is 0 Å². The molecule has 1 aromatic carbocycles. The molecule has 0 heterocycles. The molecule has 0 bridgehead atoms. The molecule has 7 heteroatoms. The Morgan fingerprint density at radius 2 is 1.74 bits per heavy atom. The van der Waals surface area contributed by atoms with Crippen LogP contribution in [0, 0.1) is 0 Å². The average Bonchev–Trinajstić information content (AvgIpc) is 2.54. The maximum Gasteiger partial charge on any atom is 0.315 e. The van der Waals surface area contributed by atoms with Gasteiger partial charge in [0.15, 0.2) is 0 Å². The molecule has 0 atom stereocenters. The highest BCUT2D eigenvalue weighted by atomic mass is 32.2. The average molecular weight is 339 g/mol. The minimum atomic E-state index is -3.41. The van der Waals surface area contributed by atoms with Crippen molar-refractivity contribution in [3.63, 3.8) is 0 Å². The predicted molar refractivity (Wildman–Crippen MR) is 89.6 cm³/mol. The Hall–Kier alpha value is -1.60. The zero-order valence-electron chi connectivity index (χ0n) is 13.7. The SMILES string of the molecule is CN(C)S(=O)(=O)c1ccc(CNC(=O)NC2CCCCC2)cc1. The zero-order valence-corrected chi connectivity index (χ0v) is 14.5. The molecule has 1 saturated carbocycles. The van der Waals surface area contributed by atoms with E-state index >= 15 is 0 Å². The van der Waals surface area contributed by atoms with Gasteiger partial charge in [-0.25, -0.2) is 17.5 Å². The Balaban J connectivity index is 1.85. The first kappa shape index (κ1) is 17.7. The number of hydrogen-bond donors (Lipinski definition) is 2. The maximum atomic E-state index is 12.0. The van der Waals surface area contributed by atoms with Gasteiger partial charge in [-0.3, -0.25) is 0 Å². The number of nitrogens with zero attached hydrogens (tertiary/aromatic N) is 1. The van der Waals surface area contributed by atoms with Crippen LogP contribution in [0.25, 0.3) is 0 Å². The van der Waals surface area contributed by atoms with E-state index in [-0.39, 0.29) is 17.0 Å². The Morgan fingerprint density at radius 3 is 2.30 bits per heavy atom. The third-order valence-electron chi connectivity index (χ3n) is 4.10. The summed E-state index contributed by atoms with van der Waals surface area (Å²) in [5, 5.41) is 5.80. The molecule has 0 saturated heterocycles. The lowest BCUT2D eigenvalue weighted by Crippen LogP contribution is -2.42. The van der Waals surface area contributed by atoms with E-state index in [2.05, 4.69) is 10.6 Å². The Morgan fingerprint density at radius 1 is 1.13 bits per heavy atom. The number of amides is 2. The van der Waals surface area contributed by atoms with Crippen molar-refractivity contribution in [2.45, 2.75) is 49.6 Å². The molecule has 0 radical (unpaired) electrons. The molecule has 0 aromatic heterocycles. The molecule has 6 nitrogen and oxygen atoms in total. The summed E-state index contributed by atoms with van der Waals surface area (Å²) in [5.41, 5.74) is 0.863. The first-order valence-corrected chi connectivity index (χ1v) is 9.39. The Kier molecular flexibility index (Phi) is 6.01. The predicted octanol–water partition coefficient (Wildman–Crippen LogP) is 2.07. The number of urea groups is 1. The third kappa shape index (κ3) is 4.94. The molecule has 1 aliphatic rings. The van der Waals surface area contributed by atoms with Crippen LogP contribution in [0.3, 0.4) is 0 Å². The molecule has 1 aromatic rings. The van der Waals surface area contributed by atoms with Gasteiger partial charge in [-0.15, -0.1) is 0 Å². The number of benzene rings is 1. The molecule has 0 spiro atoms. The summed E-state index contributed by atoms with van der Waals surface area (Å²) in [7, 11) is -0.410. The van der Waals surface area contributed by atoms with E-state index in [4.69, 9.17) is 0 Å². The number of hydrogen-bond acceptors (Lipinski definition) is 3. The van der Waals surface area contributed by atoms with Gasteiger partial charge in [-0.05, 0) is 30.5 Å². The van der Waals surface area contributed by atoms with Crippen molar-refractivity contribution in [2.24, 2.45) is 0 Å². The van der Waals surface area contributed by atoms with Gasteiger partial charge in [-0.1, -0.05) is 31.4 Å². The van der Waals surface area contributed by atoms with Crippen molar-refractivity contribution in [2.75, 3.05) is 14.1 Å². The second kappa shape index (κ2) is 7.79. The molecule has 23 heavy (non-hydrogen) atoms. The minimum Gasteiger partial charge on any atom is -0.335 e. The lowest BCUT2D eigenvalue weighted by atomic mass is 9.96. The lowest BCUT2D eigenvalue weighted by molar-refractivity contribution is 0.232. The summed E-state index contributed by atoms with van der Waals surface area (Å²) in [5.74, 6) is 0. The quantitative estimate of drug-likeness (QED) is 0.862. The Labute approximate surface area is 138 Å². The number of nitrogens with one attached hydrogen (secondary N) is 2. The largest absolute Gasteiger partial charge is 0.335 e. The van der Waals surface area contributed by atoms with E-state index in [0.717, 1.165) is 18.4 Å². The van der Waals surface area contributed by atoms with Crippen LogP contribution in [-0.2, 0) is 16.6 Å². The minimum absolute atomic E-state index is 0.165. The highest BCUT2D eigenvalue weighted by Gasteiger charge is 2.17. The molecular weight excluding hydrogens is 314 g/mol. The van der Waals surface area contributed by atoms with Crippen LogP contribution in [0.4, 0.5) is 4.79 Å². The van der Waals surface area contributed by atoms with Gasteiger partial charge in [0.2, 0.25) is 10.0 Å². The van der Waals surface area contributed by atoms with E-state index in [1.54, 1.807) is 24.3 Å². The third-order valence-corrected chi connectivity index (χ3v) is 5.92. The van der Waals surface area contributed by atoms with Crippen molar-refractivity contribution < 1.29 is 13.2 Å². The van der Waals surface area contributed by atoms with E-state index in [1.807, 2.05) is 0 Å². The van der Waals surface area contributed by atoms with E-state index in [0.29, 0.717) is 6.54 Å². The number of carbonyl (C=O) groups excluding carboxylic acids is 1. The van der Waals surface area contributed by atoms with E-state index in [9.17, 15) is 13.2 Å². The summed E-state index contributed by atoms with van der Waals surface area (Å²) in [6, 6.07) is 6.67. The molecule has 2 N–H and O–H groups in total. The van der Waals surface area contributed by atoms with Gasteiger partial charge < -0.3 is 10.6 Å². The molecule has 1 fully saturated rings. The number of carbonyl (C=O) groups is 1. The van der Waals surface area contributed by atoms with Crippen LogP contribution in [-0.4, -0.2) is 38.9 Å². The maximum absolute atomic E-state index is 12.0. The smallest absolute Gasteiger partial charge is 0.315 e. The second-order valence-electron chi connectivity index (χ2n) is 6.09. The standard InChI is InChI=1S/C16H25N3O3S/c1-19(2)23(21,22)15-10-8-13(9-11-15)12-17-16(20)18-14-6-4-3-5-7-14/h8-11,14H,3-7,12H2,1-2H3,(H2,17,18,20). The van der Waals surface area contributed by atoms with Crippen LogP contribution in [0.2, 0.25) is 0 Å². The van der Waals surface area contributed by atoms with Gasteiger partial charge in [0.1, 0.15) is 0 Å². The molecule has 0 unspecified atom stereocenters. The Bertz CT molecular complexity index is 620. The van der Waals surface area contributed by atoms with Crippen molar-refractivity contribution >= 4 is 16.1 Å². The zero-order chi connectivity index (χ0) is 16.9. The highest BCUT2D eigenvalue weighted by molar-refractivity contribution is 7.89. The fourth-order valence-electron chi connectivity index (χ4n) is 2.66. The second-order valence-corrected chi connectivity index (χ2v) is 8.25. The van der Waals surface area contributed by atoms with Crippen molar-refractivity contribution in [1.29, 1.82) is 0 Å². The first-order valence-electron chi connectivity index (χ1n) is 7.95. The van der Waals surface area contributed by atoms with Gasteiger partial charge in [-0.2, -0.15) is 0 Å². The fourth-order valence-corrected chi connectivity index (χ4v) is 3.56. The summed E-state index contributed by atoms with van der Waals surface area (Å²) in [6.07, 6.45) is 5.69. The lowest BCUT2D eigenvalue weighted by Gasteiger charge is -2.22. The van der Waals surface area contributed by atoms with E-state index in [1.165, 1.54) is 37.7 Å². The van der Waals surface area contributed by atoms with Crippen LogP contribution >= 0.6 is 0 Å². The number of rotatable bonds is 5. The van der Waals surface area contributed by atoms with E-state index < -0.39 is 10.0 Å². The molecule has 0 aliphatic heterocycles. The first-order chi connectivity index (χ1) is 10.9. The summed E-state index contributed by atoms with van der Waals surface area (Å²) in [6.45, 7) is 0.376. The van der Waals surface area contributed by atoms with Crippen molar-refractivity contribution in [3.05, 3.63) is 29.8 Å². The van der Waals surface area contributed by atoms with Gasteiger partial charge >= 0.3 is 6.03 Å². The molecule has 2 amide bonds.